The predicted octanol–water partition coefficient (Wildman–Crippen LogP) is 2.19. The van der Waals surface area contributed by atoms with Crippen LogP contribution in [0.1, 0.15) is 18.4 Å². The first-order valence-electron chi connectivity index (χ1n) is 7.21. The first kappa shape index (κ1) is 15.3. The van der Waals surface area contributed by atoms with Crippen molar-refractivity contribution >= 4 is 11.6 Å². The maximum atomic E-state index is 12.7. The number of amides is 1. The van der Waals surface area contributed by atoms with Gasteiger partial charge in [0.15, 0.2) is 0 Å². The highest BCUT2D eigenvalue weighted by molar-refractivity contribution is 5.96. The molecule has 0 saturated carbocycles. The molecule has 3 rings (SSSR count). The van der Waals surface area contributed by atoms with Crippen molar-refractivity contribution in [2.45, 2.75) is 24.6 Å². The van der Waals surface area contributed by atoms with Crippen LogP contribution in [0.3, 0.4) is 0 Å². The number of benzene rings is 1. The van der Waals surface area contributed by atoms with Gasteiger partial charge in [-0.05, 0) is 43.7 Å². The molecule has 22 heavy (non-hydrogen) atoms. The lowest BCUT2D eigenvalue weighted by molar-refractivity contribution is -0.137. The van der Waals surface area contributed by atoms with Crippen LogP contribution in [-0.4, -0.2) is 37.7 Å². The van der Waals surface area contributed by atoms with Gasteiger partial charge in [-0.3, -0.25) is 4.79 Å². The molecule has 7 heteroatoms. The molecule has 1 amide bonds. The van der Waals surface area contributed by atoms with E-state index in [9.17, 15) is 18.0 Å². The van der Waals surface area contributed by atoms with Gasteiger partial charge in [-0.2, -0.15) is 13.2 Å². The van der Waals surface area contributed by atoms with E-state index in [1.807, 2.05) is 0 Å². The zero-order chi connectivity index (χ0) is 15.8. The van der Waals surface area contributed by atoms with Gasteiger partial charge in [0.2, 0.25) is 0 Å². The van der Waals surface area contributed by atoms with Crippen molar-refractivity contribution in [1.82, 2.24) is 5.32 Å². The molecule has 2 aliphatic heterocycles. The fraction of sp³-hybridized carbons (Fsp3) is 0.533. The molecule has 0 aromatic heterocycles. The van der Waals surface area contributed by atoms with Crippen LogP contribution in [-0.2, 0) is 15.7 Å². The maximum Gasteiger partial charge on any atom is 0.416 e. The third-order valence-corrected chi connectivity index (χ3v) is 4.22. The Hall–Kier alpha value is -1.60. The second-order valence-electron chi connectivity index (χ2n) is 5.77. The summed E-state index contributed by atoms with van der Waals surface area (Å²) in [4.78, 5) is 13.9. The fourth-order valence-corrected chi connectivity index (χ4v) is 3.21. The number of ether oxygens (including phenoxy) is 1. The third-order valence-electron chi connectivity index (χ3n) is 4.22. The van der Waals surface area contributed by atoms with Crippen molar-refractivity contribution in [2.75, 3.05) is 31.2 Å². The number of hydrogen-bond donors (Lipinski definition) is 1. The molecule has 1 aromatic carbocycles. The molecule has 2 heterocycles. The Bertz CT molecular complexity index is 545. The van der Waals surface area contributed by atoms with E-state index in [4.69, 9.17) is 4.74 Å². The van der Waals surface area contributed by atoms with Crippen LogP contribution < -0.4 is 10.2 Å². The minimum Gasteiger partial charge on any atom is -0.369 e. The molecule has 4 nitrogen and oxygen atoms in total. The van der Waals surface area contributed by atoms with Gasteiger partial charge in [-0.15, -0.1) is 0 Å². The molecule has 0 bridgehead atoms. The third kappa shape index (κ3) is 2.70. The lowest BCUT2D eigenvalue weighted by Gasteiger charge is -2.49. The second kappa shape index (κ2) is 5.55. The Morgan fingerprint density at radius 3 is 2.55 bits per heavy atom. The summed E-state index contributed by atoms with van der Waals surface area (Å²) in [6.07, 6.45) is -2.71. The normalized spacial score (nSPS) is 26.5. The summed E-state index contributed by atoms with van der Waals surface area (Å²) in [5, 5.41) is 3.25. The number of halogens is 3. The van der Waals surface area contributed by atoms with Crippen molar-refractivity contribution in [3.05, 3.63) is 29.8 Å². The van der Waals surface area contributed by atoms with Gasteiger partial charge in [0.25, 0.3) is 5.91 Å². The lowest BCUT2D eigenvalue weighted by atomic mass is 9.87. The number of piperidine rings is 1. The number of nitrogens with one attached hydrogen (secondary N) is 1. The van der Waals surface area contributed by atoms with Crippen molar-refractivity contribution < 1.29 is 22.7 Å². The summed E-state index contributed by atoms with van der Waals surface area (Å²) in [5.74, 6) is -0.213. The molecule has 1 spiro atoms. The quantitative estimate of drug-likeness (QED) is 0.864. The Balaban J connectivity index is 1.94. The van der Waals surface area contributed by atoms with E-state index >= 15 is 0 Å². The zero-order valence-electron chi connectivity index (χ0n) is 11.9. The van der Waals surface area contributed by atoms with E-state index in [1.165, 1.54) is 12.1 Å². The Labute approximate surface area is 126 Å². The second-order valence-corrected chi connectivity index (χ2v) is 5.77. The zero-order valence-corrected chi connectivity index (χ0v) is 11.9. The van der Waals surface area contributed by atoms with Gasteiger partial charge < -0.3 is 15.0 Å². The number of anilines is 1. The van der Waals surface area contributed by atoms with Gasteiger partial charge in [-0.1, -0.05) is 0 Å². The molecule has 2 aliphatic rings. The molecular weight excluding hydrogens is 297 g/mol. The maximum absolute atomic E-state index is 12.7. The summed E-state index contributed by atoms with van der Waals surface area (Å²) in [6, 6.07) is 4.76. The topological polar surface area (TPSA) is 41.6 Å². The highest BCUT2D eigenvalue weighted by Gasteiger charge is 2.45. The average molecular weight is 314 g/mol. The largest absolute Gasteiger partial charge is 0.416 e. The smallest absolute Gasteiger partial charge is 0.369 e. The lowest BCUT2D eigenvalue weighted by Crippen LogP contribution is -2.66. The van der Waals surface area contributed by atoms with Crippen molar-refractivity contribution in [3.63, 3.8) is 0 Å². The Morgan fingerprint density at radius 1 is 1.23 bits per heavy atom. The number of alkyl halides is 3. The Kier molecular flexibility index (Phi) is 3.86. The van der Waals surface area contributed by atoms with E-state index in [-0.39, 0.29) is 12.5 Å². The summed E-state index contributed by atoms with van der Waals surface area (Å²) in [5.41, 5.74) is -0.731. The van der Waals surface area contributed by atoms with Crippen molar-refractivity contribution in [1.29, 1.82) is 0 Å². The molecule has 120 valence electrons. The van der Waals surface area contributed by atoms with E-state index < -0.39 is 17.3 Å². The minimum absolute atomic E-state index is 0.0389. The van der Waals surface area contributed by atoms with Crippen LogP contribution in [0.15, 0.2) is 24.3 Å². The van der Waals surface area contributed by atoms with Crippen molar-refractivity contribution in [3.8, 4) is 0 Å². The molecule has 1 aromatic rings. The first-order chi connectivity index (χ1) is 10.4. The number of carbonyl (C=O) groups is 1. The molecule has 1 atom stereocenters. The number of morpholine rings is 1. The summed E-state index contributed by atoms with van der Waals surface area (Å²) < 4.78 is 43.4. The first-order valence-corrected chi connectivity index (χ1v) is 7.21. The summed E-state index contributed by atoms with van der Waals surface area (Å²) in [7, 11) is 0. The Morgan fingerprint density at radius 2 is 1.95 bits per heavy atom. The van der Waals surface area contributed by atoms with Gasteiger partial charge in [0.05, 0.1) is 17.7 Å². The standard InChI is InChI=1S/C15H17F3N2O2/c16-15(17,18)11-2-4-12(5-3-11)20-13(21)8-22-10-14(20)6-1-7-19-9-14/h2-5,19H,1,6-10H2. The van der Waals surface area contributed by atoms with Crippen LogP contribution >= 0.6 is 0 Å². The van der Waals surface area contributed by atoms with Crippen LogP contribution in [0, 0.1) is 0 Å². The molecule has 2 saturated heterocycles. The molecule has 0 aliphatic carbocycles. The predicted molar refractivity (Wildman–Crippen MR) is 74.6 cm³/mol. The highest BCUT2D eigenvalue weighted by atomic mass is 19.4. The van der Waals surface area contributed by atoms with Gasteiger partial charge in [-0.25, -0.2) is 0 Å². The monoisotopic (exact) mass is 314 g/mol. The van der Waals surface area contributed by atoms with E-state index in [0.717, 1.165) is 31.5 Å². The van der Waals surface area contributed by atoms with Crippen molar-refractivity contribution in [2.24, 2.45) is 0 Å². The van der Waals surface area contributed by atoms with Gasteiger partial charge in [0.1, 0.15) is 6.61 Å². The van der Waals surface area contributed by atoms with E-state index in [0.29, 0.717) is 18.8 Å². The number of carbonyl (C=O) groups excluding carboxylic acids is 1. The number of hydrogen-bond acceptors (Lipinski definition) is 3. The molecule has 2 fully saturated rings. The van der Waals surface area contributed by atoms with E-state index in [1.54, 1.807) is 4.90 Å². The molecule has 1 N–H and O–H groups in total. The van der Waals surface area contributed by atoms with Crippen LogP contribution in [0.25, 0.3) is 0 Å². The van der Waals surface area contributed by atoms with Gasteiger partial charge >= 0.3 is 6.18 Å². The van der Waals surface area contributed by atoms with E-state index in [2.05, 4.69) is 5.32 Å². The van der Waals surface area contributed by atoms with Gasteiger partial charge in [0, 0.05) is 12.2 Å². The molecular formula is C15H17F3N2O2. The number of rotatable bonds is 1. The van der Waals surface area contributed by atoms with Crippen LogP contribution in [0.4, 0.5) is 18.9 Å². The van der Waals surface area contributed by atoms with Crippen LogP contribution in [0.2, 0.25) is 0 Å². The molecule has 1 unspecified atom stereocenters. The highest BCUT2D eigenvalue weighted by Crippen LogP contribution is 2.35. The summed E-state index contributed by atoms with van der Waals surface area (Å²) >= 11 is 0. The molecule has 0 radical (unpaired) electrons. The average Bonchev–Trinajstić information content (AvgIpc) is 2.47. The minimum atomic E-state index is -4.38. The SMILES string of the molecule is O=C1COCC2(CCCNC2)N1c1ccc(C(F)(F)F)cc1. The van der Waals surface area contributed by atoms with Crippen LogP contribution in [0.5, 0.6) is 0 Å². The summed E-state index contributed by atoms with van der Waals surface area (Å²) in [6.45, 7) is 1.81. The number of nitrogens with zero attached hydrogens (tertiary/aromatic N) is 1. The fourth-order valence-electron chi connectivity index (χ4n) is 3.21.